The number of aliphatic hydroxyl groups is 1. The number of aliphatic hydroxyl groups excluding tert-OH is 1. The van der Waals surface area contributed by atoms with Crippen LogP contribution < -0.4 is 19.1 Å². The fourth-order valence-corrected chi connectivity index (χ4v) is 5.81. The Hall–Kier alpha value is -4.04. The summed E-state index contributed by atoms with van der Waals surface area (Å²) in [5.74, 6) is 1.28. The number of fused-ring (bicyclic) bond motifs is 1. The Morgan fingerprint density at radius 3 is 2.61 bits per heavy atom. The molecule has 0 bridgehead atoms. The zero-order chi connectivity index (χ0) is 26.4. The van der Waals surface area contributed by atoms with Gasteiger partial charge >= 0.3 is 0 Å². The Morgan fingerprint density at radius 2 is 1.84 bits per heavy atom. The van der Waals surface area contributed by atoms with E-state index in [1.165, 1.54) is 0 Å². The van der Waals surface area contributed by atoms with Crippen LogP contribution in [0.15, 0.2) is 88.0 Å². The minimum absolute atomic E-state index is 0.0152. The number of rotatable bonds is 4. The molecule has 38 heavy (non-hydrogen) atoms. The van der Waals surface area contributed by atoms with E-state index in [1.807, 2.05) is 42.5 Å². The van der Waals surface area contributed by atoms with E-state index in [-0.39, 0.29) is 24.2 Å². The number of anilines is 1. The molecule has 2 aliphatic heterocycles. The number of ketones is 1. The van der Waals surface area contributed by atoms with Crippen LogP contribution in [-0.4, -0.2) is 30.6 Å². The van der Waals surface area contributed by atoms with E-state index in [1.54, 1.807) is 36.3 Å². The monoisotopic (exact) mass is 572 g/mol. The summed E-state index contributed by atoms with van der Waals surface area (Å²) in [7, 11) is 1.58. The predicted octanol–water partition coefficient (Wildman–Crippen LogP) is 6.74. The molecule has 1 atom stereocenters. The molecule has 8 heteroatoms. The number of ether oxygens (including phenoxy) is 3. The molecule has 0 amide bonds. The first-order valence-electron chi connectivity index (χ1n) is 12.3. The van der Waals surface area contributed by atoms with Crippen molar-refractivity contribution in [3.63, 3.8) is 0 Å². The van der Waals surface area contributed by atoms with Crippen molar-refractivity contribution in [2.45, 2.75) is 25.2 Å². The highest BCUT2D eigenvalue weighted by atomic mass is 79.9. The van der Waals surface area contributed by atoms with Gasteiger partial charge in [-0.1, -0.05) is 28.1 Å². The molecule has 0 radical (unpaired) electrons. The molecule has 3 aromatic carbocycles. The molecule has 0 fully saturated rings. The van der Waals surface area contributed by atoms with Crippen molar-refractivity contribution in [3.05, 3.63) is 99.2 Å². The summed E-state index contributed by atoms with van der Waals surface area (Å²) >= 11 is 3.54. The fourth-order valence-electron chi connectivity index (χ4n) is 5.42. The van der Waals surface area contributed by atoms with Crippen molar-refractivity contribution in [2.24, 2.45) is 0 Å². The smallest absolute Gasteiger partial charge is 0.231 e. The lowest BCUT2D eigenvalue weighted by atomic mass is 9.73. The number of Topliss-reactive ketones (excluding diaryl/α,β-unsaturated/α-hetero) is 1. The van der Waals surface area contributed by atoms with Gasteiger partial charge in [-0.15, -0.1) is 0 Å². The zero-order valence-electron chi connectivity index (χ0n) is 20.7. The standard InChI is InChI=1S/C30H25BrN2O5/c1-36-21-11-8-17(9-12-21)29(35)28-26(18-10-13-24-25(14-18)38-16-37-24)27-22(6-3-7-23(27)34)33(30(28)32)20-5-2-4-19(31)15-20/h2,4-5,8-15,26,32,35H,3,6-7,16H2,1H3/t26-/m0/s1. The number of allylic oxidation sites excluding steroid dienone is 2. The first kappa shape index (κ1) is 24.3. The van der Waals surface area contributed by atoms with E-state index in [2.05, 4.69) is 15.9 Å². The van der Waals surface area contributed by atoms with E-state index in [9.17, 15) is 15.3 Å². The van der Waals surface area contributed by atoms with Crippen molar-refractivity contribution in [3.8, 4) is 17.2 Å². The summed E-state index contributed by atoms with van der Waals surface area (Å²) in [5, 5.41) is 21.2. The van der Waals surface area contributed by atoms with Crippen molar-refractivity contribution >= 4 is 39.0 Å². The first-order chi connectivity index (χ1) is 18.5. The molecule has 3 aromatic rings. The van der Waals surface area contributed by atoms with Crippen LogP contribution in [-0.2, 0) is 4.79 Å². The lowest BCUT2D eigenvalue weighted by Gasteiger charge is -2.41. The molecule has 1 aliphatic carbocycles. The molecular formula is C30H25BrN2O5. The van der Waals surface area contributed by atoms with Gasteiger partial charge in [0.1, 0.15) is 17.3 Å². The second kappa shape index (κ2) is 9.68. The molecule has 0 saturated carbocycles. The van der Waals surface area contributed by atoms with Crippen LogP contribution in [0.4, 0.5) is 5.69 Å². The minimum atomic E-state index is -0.648. The lowest BCUT2D eigenvalue weighted by molar-refractivity contribution is -0.116. The normalized spacial score (nSPS) is 19.9. The highest BCUT2D eigenvalue weighted by Crippen LogP contribution is 2.49. The fraction of sp³-hybridized carbons (Fsp3) is 0.200. The number of hydrogen-bond donors (Lipinski definition) is 2. The number of carbonyl (C=O) groups excluding carboxylic acids is 1. The van der Waals surface area contributed by atoms with Gasteiger partial charge in [0.2, 0.25) is 6.79 Å². The highest BCUT2D eigenvalue weighted by molar-refractivity contribution is 9.10. The maximum absolute atomic E-state index is 13.6. The third kappa shape index (κ3) is 4.05. The second-order valence-corrected chi connectivity index (χ2v) is 10.3. The molecule has 2 heterocycles. The Kier molecular flexibility index (Phi) is 6.19. The molecule has 0 unspecified atom stereocenters. The summed E-state index contributed by atoms with van der Waals surface area (Å²) in [4.78, 5) is 15.4. The van der Waals surface area contributed by atoms with Crippen molar-refractivity contribution in [1.29, 1.82) is 5.41 Å². The largest absolute Gasteiger partial charge is 0.507 e. The predicted molar refractivity (Wildman–Crippen MR) is 148 cm³/mol. The van der Waals surface area contributed by atoms with E-state index in [4.69, 9.17) is 14.2 Å². The average Bonchev–Trinajstić information content (AvgIpc) is 3.40. The average molecular weight is 573 g/mol. The lowest BCUT2D eigenvalue weighted by Crippen LogP contribution is -2.42. The van der Waals surface area contributed by atoms with Crippen molar-refractivity contribution in [2.75, 3.05) is 18.8 Å². The van der Waals surface area contributed by atoms with Gasteiger partial charge in [0.05, 0.1) is 7.11 Å². The van der Waals surface area contributed by atoms with E-state index in [0.717, 1.165) is 21.4 Å². The maximum atomic E-state index is 13.6. The van der Waals surface area contributed by atoms with Gasteiger partial charge in [-0.3, -0.25) is 15.1 Å². The number of nitrogens with one attached hydrogen (secondary N) is 1. The van der Waals surface area contributed by atoms with Crippen LogP contribution in [0.3, 0.4) is 0 Å². The van der Waals surface area contributed by atoms with Gasteiger partial charge < -0.3 is 19.3 Å². The molecule has 0 saturated heterocycles. The van der Waals surface area contributed by atoms with Crippen LogP contribution in [0.5, 0.6) is 17.2 Å². The van der Waals surface area contributed by atoms with Gasteiger partial charge in [0.25, 0.3) is 0 Å². The van der Waals surface area contributed by atoms with Crippen LogP contribution in [0.1, 0.15) is 36.3 Å². The van der Waals surface area contributed by atoms with Crippen LogP contribution in [0.2, 0.25) is 0 Å². The Balaban J connectivity index is 1.63. The molecule has 192 valence electrons. The molecule has 7 nitrogen and oxygen atoms in total. The number of amidine groups is 1. The highest BCUT2D eigenvalue weighted by Gasteiger charge is 2.43. The van der Waals surface area contributed by atoms with Crippen molar-refractivity contribution < 1.29 is 24.1 Å². The van der Waals surface area contributed by atoms with E-state index in [0.29, 0.717) is 53.2 Å². The SMILES string of the molecule is COc1ccc(C(O)=C2C(=N)N(c3cccc(Br)c3)C3=C(C(=O)CCC3)[C@@H]2c2ccc3c(c2)OCO3)cc1. The van der Waals surface area contributed by atoms with Gasteiger partial charge in [-0.2, -0.15) is 0 Å². The quantitative estimate of drug-likeness (QED) is 0.336. The summed E-state index contributed by atoms with van der Waals surface area (Å²) in [6, 6.07) is 20.2. The van der Waals surface area contributed by atoms with Gasteiger partial charge in [0, 0.05) is 44.9 Å². The molecule has 2 N–H and O–H groups in total. The third-order valence-electron chi connectivity index (χ3n) is 7.17. The van der Waals surface area contributed by atoms with Crippen LogP contribution in [0, 0.1) is 5.41 Å². The molecule has 0 spiro atoms. The summed E-state index contributed by atoms with van der Waals surface area (Å²) in [6.07, 6.45) is 1.76. The molecule has 3 aliphatic rings. The Morgan fingerprint density at radius 1 is 1.05 bits per heavy atom. The molecular weight excluding hydrogens is 548 g/mol. The number of benzene rings is 3. The van der Waals surface area contributed by atoms with Crippen LogP contribution in [0.25, 0.3) is 5.76 Å². The number of halogens is 1. The number of methoxy groups -OCH3 is 1. The van der Waals surface area contributed by atoms with Gasteiger partial charge in [-0.05, 0) is 73.0 Å². The Labute approximate surface area is 228 Å². The molecule has 6 rings (SSSR count). The number of hydrogen-bond acceptors (Lipinski definition) is 6. The Bertz CT molecular complexity index is 1530. The van der Waals surface area contributed by atoms with Crippen molar-refractivity contribution in [1.82, 2.24) is 0 Å². The minimum Gasteiger partial charge on any atom is -0.507 e. The van der Waals surface area contributed by atoms with Crippen LogP contribution >= 0.6 is 15.9 Å². The summed E-state index contributed by atoms with van der Waals surface area (Å²) in [6.45, 7) is 0.128. The summed E-state index contributed by atoms with van der Waals surface area (Å²) < 4.78 is 17.3. The van der Waals surface area contributed by atoms with E-state index >= 15 is 0 Å². The second-order valence-electron chi connectivity index (χ2n) is 9.34. The first-order valence-corrected chi connectivity index (χ1v) is 13.1. The zero-order valence-corrected chi connectivity index (χ0v) is 22.2. The number of nitrogens with zero attached hydrogens (tertiary/aromatic N) is 1. The number of carbonyl (C=O) groups is 1. The maximum Gasteiger partial charge on any atom is 0.231 e. The van der Waals surface area contributed by atoms with Gasteiger partial charge in [0.15, 0.2) is 17.3 Å². The summed E-state index contributed by atoms with van der Waals surface area (Å²) in [5.41, 5.74) is 3.77. The third-order valence-corrected chi connectivity index (χ3v) is 7.66. The molecule has 0 aromatic heterocycles. The topological polar surface area (TPSA) is 92.1 Å². The van der Waals surface area contributed by atoms with Gasteiger partial charge in [-0.25, -0.2) is 0 Å². The van der Waals surface area contributed by atoms with E-state index < -0.39 is 5.92 Å².